The van der Waals surface area contributed by atoms with Crippen molar-refractivity contribution in [2.24, 2.45) is 12.5 Å². The zero-order valence-electron chi connectivity index (χ0n) is 15.6. The Balaban J connectivity index is 1.97. The summed E-state index contributed by atoms with van der Waals surface area (Å²) in [6.45, 7) is 5.57. The van der Waals surface area contributed by atoms with Crippen LogP contribution < -0.4 is 5.32 Å². The number of benzene rings is 2. The van der Waals surface area contributed by atoms with Crippen molar-refractivity contribution in [3.63, 3.8) is 0 Å². The fourth-order valence-electron chi connectivity index (χ4n) is 2.79. The fourth-order valence-corrected chi connectivity index (χ4v) is 2.79. The summed E-state index contributed by atoms with van der Waals surface area (Å²) >= 11 is 0. The van der Waals surface area contributed by atoms with E-state index in [-0.39, 0.29) is 11.7 Å². The lowest BCUT2D eigenvalue weighted by molar-refractivity contribution is -0.123. The Kier molecular flexibility index (Phi) is 4.60. The van der Waals surface area contributed by atoms with Crippen LogP contribution in [0, 0.1) is 5.41 Å². The number of aromatic nitrogens is 1. The maximum atomic E-state index is 12.3. The van der Waals surface area contributed by atoms with Gasteiger partial charge < -0.3 is 15.0 Å². The third-order valence-electron chi connectivity index (χ3n) is 4.42. The van der Waals surface area contributed by atoms with Crippen molar-refractivity contribution in [2.45, 2.75) is 20.8 Å². The molecular formula is C22H24N2O2. The standard InChI is InChI=1S/C22H24N2O2/c1-22(2,3)21(26)23-18-9-7-11-20(25)17(18)13-12-16-14-15-8-5-6-10-19(15)24(16)4/h5-14,25H,1-4H3,(H,23,26). The summed E-state index contributed by atoms with van der Waals surface area (Å²) in [7, 11) is 2.01. The molecule has 0 aliphatic carbocycles. The number of para-hydroxylation sites is 1. The summed E-state index contributed by atoms with van der Waals surface area (Å²) in [6.07, 6.45) is 3.78. The molecule has 2 aromatic carbocycles. The van der Waals surface area contributed by atoms with Gasteiger partial charge in [-0.3, -0.25) is 4.79 Å². The number of phenolic OH excluding ortho intramolecular Hbond substituents is 1. The monoisotopic (exact) mass is 348 g/mol. The van der Waals surface area contributed by atoms with Crippen molar-refractivity contribution in [1.82, 2.24) is 4.57 Å². The third kappa shape index (κ3) is 3.49. The van der Waals surface area contributed by atoms with Crippen LogP contribution in [0.2, 0.25) is 0 Å². The van der Waals surface area contributed by atoms with E-state index >= 15 is 0 Å². The highest BCUT2D eigenvalue weighted by atomic mass is 16.3. The normalized spacial score (nSPS) is 12.0. The van der Waals surface area contributed by atoms with E-state index in [0.29, 0.717) is 11.3 Å². The van der Waals surface area contributed by atoms with Gasteiger partial charge in [0.15, 0.2) is 0 Å². The number of aromatic hydroxyl groups is 1. The quantitative estimate of drug-likeness (QED) is 0.697. The van der Waals surface area contributed by atoms with Crippen LogP contribution in [-0.4, -0.2) is 15.6 Å². The van der Waals surface area contributed by atoms with Crippen molar-refractivity contribution in [3.05, 3.63) is 59.8 Å². The van der Waals surface area contributed by atoms with Gasteiger partial charge in [-0.05, 0) is 36.4 Å². The lowest BCUT2D eigenvalue weighted by Gasteiger charge is -2.19. The van der Waals surface area contributed by atoms with E-state index in [4.69, 9.17) is 0 Å². The maximum Gasteiger partial charge on any atom is 0.229 e. The summed E-state index contributed by atoms with van der Waals surface area (Å²) in [5, 5.41) is 14.4. The highest BCUT2D eigenvalue weighted by Gasteiger charge is 2.22. The van der Waals surface area contributed by atoms with Crippen molar-refractivity contribution in [1.29, 1.82) is 0 Å². The van der Waals surface area contributed by atoms with Crippen molar-refractivity contribution < 1.29 is 9.90 Å². The zero-order chi connectivity index (χ0) is 18.9. The number of carbonyl (C=O) groups excluding carboxylic acids is 1. The van der Waals surface area contributed by atoms with E-state index in [1.807, 2.05) is 52.1 Å². The Labute approximate surface area is 153 Å². The Bertz CT molecular complexity index is 991. The van der Waals surface area contributed by atoms with Crippen molar-refractivity contribution >= 4 is 34.6 Å². The summed E-state index contributed by atoms with van der Waals surface area (Å²) < 4.78 is 2.10. The molecule has 0 saturated heterocycles. The number of phenols is 1. The number of carbonyl (C=O) groups is 1. The van der Waals surface area contributed by atoms with Gasteiger partial charge in [0.25, 0.3) is 0 Å². The number of hydrogen-bond donors (Lipinski definition) is 2. The van der Waals surface area contributed by atoms with E-state index in [1.165, 1.54) is 0 Å². The van der Waals surface area contributed by atoms with E-state index in [9.17, 15) is 9.90 Å². The zero-order valence-corrected chi connectivity index (χ0v) is 15.6. The molecule has 1 amide bonds. The second kappa shape index (κ2) is 6.71. The molecule has 1 aromatic heterocycles. The molecule has 0 saturated carbocycles. The SMILES string of the molecule is Cn1c(C=Cc2c(O)cccc2NC(=O)C(C)(C)C)cc2ccccc21. The van der Waals surface area contributed by atoms with Gasteiger partial charge in [-0.1, -0.05) is 45.0 Å². The Hall–Kier alpha value is -3.01. The third-order valence-corrected chi connectivity index (χ3v) is 4.42. The van der Waals surface area contributed by atoms with Crippen molar-refractivity contribution in [3.8, 4) is 5.75 Å². The highest BCUT2D eigenvalue weighted by molar-refractivity contribution is 5.97. The summed E-state index contributed by atoms with van der Waals surface area (Å²) in [5.74, 6) is 0.0362. The van der Waals surface area contributed by atoms with E-state index < -0.39 is 5.41 Å². The fraction of sp³-hybridized carbons (Fsp3) is 0.227. The molecule has 0 bridgehead atoms. The molecule has 0 spiro atoms. The maximum absolute atomic E-state index is 12.3. The van der Waals surface area contributed by atoms with Crippen LogP contribution in [0.4, 0.5) is 5.69 Å². The van der Waals surface area contributed by atoms with Gasteiger partial charge in [0.1, 0.15) is 5.75 Å². The number of nitrogens with one attached hydrogen (secondary N) is 1. The van der Waals surface area contributed by atoms with Crippen LogP contribution >= 0.6 is 0 Å². The van der Waals surface area contributed by atoms with Gasteiger partial charge in [0.05, 0.1) is 5.69 Å². The average molecular weight is 348 g/mol. The molecule has 0 aliphatic rings. The average Bonchev–Trinajstić information content (AvgIpc) is 2.90. The molecule has 0 radical (unpaired) electrons. The van der Waals surface area contributed by atoms with E-state index in [2.05, 4.69) is 28.1 Å². The van der Waals surface area contributed by atoms with E-state index in [1.54, 1.807) is 18.2 Å². The Morgan fingerprint density at radius 2 is 1.81 bits per heavy atom. The van der Waals surface area contributed by atoms with Crippen LogP contribution in [0.25, 0.3) is 23.1 Å². The van der Waals surface area contributed by atoms with Crippen LogP contribution in [0.1, 0.15) is 32.0 Å². The van der Waals surface area contributed by atoms with Crippen LogP contribution in [-0.2, 0) is 11.8 Å². The van der Waals surface area contributed by atoms with Gasteiger partial charge in [0, 0.05) is 34.6 Å². The molecule has 1 heterocycles. The highest BCUT2D eigenvalue weighted by Crippen LogP contribution is 2.30. The summed E-state index contributed by atoms with van der Waals surface area (Å²) in [4.78, 5) is 12.3. The van der Waals surface area contributed by atoms with Gasteiger partial charge in [-0.2, -0.15) is 0 Å². The molecule has 0 atom stereocenters. The molecular weight excluding hydrogens is 324 g/mol. The van der Waals surface area contributed by atoms with Crippen LogP contribution in [0.5, 0.6) is 5.75 Å². The van der Waals surface area contributed by atoms with Gasteiger partial charge in [-0.15, -0.1) is 0 Å². The molecule has 4 nitrogen and oxygen atoms in total. The number of fused-ring (bicyclic) bond motifs is 1. The smallest absolute Gasteiger partial charge is 0.229 e. The number of hydrogen-bond acceptors (Lipinski definition) is 2. The molecule has 4 heteroatoms. The summed E-state index contributed by atoms with van der Waals surface area (Å²) in [5.41, 5.74) is 2.84. The minimum atomic E-state index is -0.512. The number of rotatable bonds is 3. The topological polar surface area (TPSA) is 54.3 Å². The lowest BCUT2D eigenvalue weighted by atomic mass is 9.95. The molecule has 0 fully saturated rings. The number of anilines is 1. The van der Waals surface area contributed by atoms with Gasteiger partial charge >= 0.3 is 0 Å². The number of amides is 1. The predicted octanol–water partition coefficient (Wildman–Crippen LogP) is 5.04. The molecule has 3 aromatic rings. The molecule has 0 unspecified atom stereocenters. The summed E-state index contributed by atoms with van der Waals surface area (Å²) in [6, 6.07) is 15.4. The predicted molar refractivity (Wildman–Crippen MR) is 108 cm³/mol. The van der Waals surface area contributed by atoms with Crippen molar-refractivity contribution in [2.75, 3.05) is 5.32 Å². The minimum Gasteiger partial charge on any atom is -0.507 e. The van der Waals surface area contributed by atoms with Gasteiger partial charge in [0.2, 0.25) is 5.91 Å². The number of nitrogens with zero attached hydrogens (tertiary/aromatic N) is 1. The first kappa shape index (κ1) is 17.8. The number of aryl methyl sites for hydroxylation is 1. The minimum absolute atomic E-state index is 0.0950. The molecule has 2 N–H and O–H groups in total. The first-order chi connectivity index (χ1) is 12.3. The first-order valence-electron chi connectivity index (χ1n) is 8.63. The molecule has 0 aliphatic heterocycles. The molecule has 3 rings (SSSR count). The Morgan fingerprint density at radius 1 is 1.08 bits per heavy atom. The van der Waals surface area contributed by atoms with Crippen LogP contribution in [0.15, 0.2) is 48.5 Å². The molecule has 26 heavy (non-hydrogen) atoms. The van der Waals surface area contributed by atoms with Gasteiger partial charge in [-0.25, -0.2) is 0 Å². The lowest BCUT2D eigenvalue weighted by Crippen LogP contribution is -2.27. The van der Waals surface area contributed by atoms with E-state index in [0.717, 1.165) is 16.6 Å². The second-order valence-electron chi connectivity index (χ2n) is 7.46. The largest absolute Gasteiger partial charge is 0.507 e. The Morgan fingerprint density at radius 3 is 2.50 bits per heavy atom. The van der Waals surface area contributed by atoms with Crippen LogP contribution in [0.3, 0.4) is 0 Å². The second-order valence-corrected chi connectivity index (χ2v) is 7.46. The molecule has 134 valence electrons. The first-order valence-corrected chi connectivity index (χ1v) is 8.63.